The van der Waals surface area contributed by atoms with Crippen molar-refractivity contribution in [1.29, 1.82) is 0 Å². The van der Waals surface area contributed by atoms with Crippen LogP contribution in [0.5, 0.6) is 0 Å². The summed E-state index contributed by atoms with van der Waals surface area (Å²) in [5, 5.41) is 16.9. The molecule has 100 valence electrons. The Morgan fingerprint density at radius 1 is 1.47 bits per heavy atom. The SMILES string of the molecule is Cc1nc(C(=O)NCCc2nc(C(=O)O)cs2)no1. The molecule has 2 N–H and O–H groups in total. The third-order valence-electron chi connectivity index (χ3n) is 2.13. The van der Waals surface area contributed by atoms with Crippen molar-refractivity contribution in [3.8, 4) is 0 Å². The molecule has 19 heavy (non-hydrogen) atoms. The number of nitrogens with one attached hydrogen (secondary N) is 1. The molecular formula is C10H10N4O4S. The number of rotatable bonds is 5. The molecular weight excluding hydrogens is 272 g/mol. The van der Waals surface area contributed by atoms with E-state index in [4.69, 9.17) is 5.11 Å². The second-order valence-electron chi connectivity index (χ2n) is 3.57. The molecule has 0 unspecified atom stereocenters. The predicted octanol–water partition coefficient (Wildman–Crippen LogP) is 0.505. The molecule has 0 fully saturated rings. The molecule has 9 heteroatoms. The summed E-state index contributed by atoms with van der Waals surface area (Å²) in [7, 11) is 0. The number of carbonyl (C=O) groups excluding carboxylic acids is 1. The third kappa shape index (κ3) is 3.35. The lowest BCUT2D eigenvalue weighted by atomic mass is 10.4. The summed E-state index contributed by atoms with van der Waals surface area (Å²) in [5.74, 6) is -1.21. The first kappa shape index (κ1) is 13.1. The summed E-state index contributed by atoms with van der Waals surface area (Å²) in [6.07, 6.45) is 0.445. The first-order valence-electron chi connectivity index (χ1n) is 5.32. The van der Waals surface area contributed by atoms with Crippen LogP contribution in [0.25, 0.3) is 0 Å². The fraction of sp³-hybridized carbons (Fsp3) is 0.300. The van der Waals surface area contributed by atoms with E-state index in [9.17, 15) is 9.59 Å². The van der Waals surface area contributed by atoms with Gasteiger partial charge in [-0.1, -0.05) is 5.16 Å². The van der Waals surface area contributed by atoms with Crippen LogP contribution in [0.4, 0.5) is 0 Å². The monoisotopic (exact) mass is 282 g/mol. The first-order valence-corrected chi connectivity index (χ1v) is 6.20. The van der Waals surface area contributed by atoms with E-state index in [0.717, 1.165) is 0 Å². The molecule has 1 amide bonds. The van der Waals surface area contributed by atoms with Crippen molar-refractivity contribution in [3.63, 3.8) is 0 Å². The molecule has 0 aliphatic heterocycles. The number of amides is 1. The maximum absolute atomic E-state index is 11.6. The van der Waals surface area contributed by atoms with Crippen LogP contribution in [0, 0.1) is 6.92 Å². The first-order chi connectivity index (χ1) is 9.06. The number of hydrogen-bond donors (Lipinski definition) is 2. The normalized spacial score (nSPS) is 10.4. The zero-order chi connectivity index (χ0) is 13.8. The van der Waals surface area contributed by atoms with Crippen LogP contribution in [0.15, 0.2) is 9.90 Å². The Balaban J connectivity index is 1.83. The highest BCUT2D eigenvalue weighted by atomic mass is 32.1. The Bertz CT molecular complexity index is 606. The quantitative estimate of drug-likeness (QED) is 0.819. The molecule has 0 atom stereocenters. The van der Waals surface area contributed by atoms with Crippen molar-refractivity contribution in [2.24, 2.45) is 0 Å². The Kier molecular flexibility index (Phi) is 3.85. The summed E-state index contributed by atoms with van der Waals surface area (Å²) in [5.41, 5.74) is 0.0140. The minimum Gasteiger partial charge on any atom is -0.476 e. The van der Waals surface area contributed by atoms with Gasteiger partial charge in [-0.3, -0.25) is 4.79 Å². The van der Waals surface area contributed by atoms with E-state index in [2.05, 4.69) is 25.0 Å². The number of hydrogen-bond acceptors (Lipinski definition) is 7. The van der Waals surface area contributed by atoms with Crippen molar-refractivity contribution in [2.45, 2.75) is 13.3 Å². The van der Waals surface area contributed by atoms with Crippen molar-refractivity contribution < 1.29 is 19.2 Å². The third-order valence-corrected chi connectivity index (χ3v) is 3.03. The molecule has 2 rings (SSSR count). The van der Waals surface area contributed by atoms with Crippen molar-refractivity contribution in [3.05, 3.63) is 27.8 Å². The number of thiazole rings is 1. The largest absolute Gasteiger partial charge is 0.476 e. The number of carboxylic acids is 1. The molecule has 2 aromatic rings. The number of nitrogens with zero attached hydrogens (tertiary/aromatic N) is 3. The van der Waals surface area contributed by atoms with Crippen LogP contribution in [0.3, 0.4) is 0 Å². The highest BCUT2D eigenvalue weighted by Gasteiger charge is 2.13. The molecule has 8 nitrogen and oxygen atoms in total. The molecule has 0 aliphatic rings. The van der Waals surface area contributed by atoms with Gasteiger partial charge >= 0.3 is 5.97 Å². The van der Waals surface area contributed by atoms with Gasteiger partial charge in [0.05, 0.1) is 5.01 Å². The maximum atomic E-state index is 11.6. The van der Waals surface area contributed by atoms with Gasteiger partial charge in [-0.25, -0.2) is 9.78 Å². The predicted molar refractivity (Wildman–Crippen MR) is 64.1 cm³/mol. The standard InChI is InChI=1S/C10H10N4O4S/c1-5-12-8(14-18-5)9(15)11-3-2-7-13-6(4-19-7)10(16)17/h4H,2-3H2,1H3,(H,11,15)(H,16,17). The van der Waals surface area contributed by atoms with Gasteiger partial charge in [-0.15, -0.1) is 11.3 Å². The zero-order valence-electron chi connectivity index (χ0n) is 9.91. The minimum atomic E-state index is -1.06. The summed E-state index contributed by atoms with van der Waals surface area (Å²) in [6, 6.07) is 0. The molecule has 2 aromatic heterocycles. The summed E-state index contributed by atoms with van der Waals surface area (Å²) in [4.78, 5) is 29.9. The van der Waals surface area contributed by atoms with E-state index < -0.39 is 11.9 Å². The van der Waals surface area contributed by atoms with E-state index in [-0.39, 0.29) is 11.5 Å². The Morgan fingerprint density at radius 3 is 2.84 bits per heavy atom. The van der Waals surface area contributed by atoms with E-state index in [1.54, 1.807) is 6.92 Å². The van der Waals surface area contributed by atoms with Gasteiger partial charge in [0.25, 0.3) is 11.7 Å². The summed E-state index contributed by atoms with van der Waals surface area (Å²) >= 11 is 1.24. The van der Waals surface area contributed by atoms with Crippen molar-refractivity contribution in [1.82, 2.24) is 20.4 Å². The van der Waals surface area contributed by atoms with E-state index in [0.29, 0.717) is 23.9 Å². The van der Waals surface area contributed by atoms with Gasteiger partial charge in [-0.05, 0) is 0 Å². The van der Waals surface area contributed by atoms with Gasteiger partial charge in [0.1, 0.15) is 0 Å². The lowest BCUT2D eigenvalue weighted by Crippen LogP contribution is -2.26. The number of carboxylic acid groups (broad SMARTS) is 1. The zero-order valence-corrected chi connectivity index (χ0v) is 10.7. The smallest absolute Gasteiger partial charge is 0.355 e. The molecule has 0 spiro atoms. The second kappa shape index (κ2) is 5.57. The van der Waals surface area contributed by atoms with Gasteiger partial charge < -0.3 is 14.9 Å². The molecule has 0 aliphatic carbocycles. The molecule has 0 saturated heterocycles. The highest BCUT2D eigenvalue weighted by molar-refractivity contribution is 7.09. The molecule has 2 heterocycles. The highest BCUT2D eigenvalue weighted by Crippen LogP contribution is 2.09. The fourth-order valence-electron chi connectivity index (χ4n) is 1.28. The number of carbonyl (C=O) groups is 2. The van der Waals surface area contributed by atoms with Crippen LogP contribution in [-0.4, -0.2) is 38.7 Å². The Morgan fingerprint density at radius 2 is 2.26 bits per heavy atom. The minimum absolute atomic E-state index is 0.0140. The van der Waals surface area contributed by atoms with Crippen LogP contribution in [0.2, 0.25) is 0 Å². The summed E-state index contributed by atoms with van der Waals surface area (Å²) in [6.45, 7) is 1.91. The van der Waals surface area contributed by atoms with Gasteiger partial charge in [0, 0.05) is 25.3 Å². The Labute approximate surface area is 111 Å². The van der Waals surface area contributed by atoms with Crippen molar-refractivity contribution in [2.75, 3.05) is 6.54 Å². The molecule has 0 radical (unpaired) electrons. The average Bonchev–Trinajstić information content (AvgIpc) is 2.98. The van der Waals surface area contributed by atoms with Gasteiger partial charge in [0.2, 0.25) is 5.89 Å². The maximum Gasteiger partial charge on any atom is 0.355 e. The average molecular weight is 282 g/mol. The van der Waals surface area contributed by atoms with E-state index in [1.807, 2.05) is 0 Å². The number of aromatic nitrogens is 3. The summed E-state index contributed by atoms with van der Waals surface area (Å²) < 4.78 is 4.68. The number of aromatic carboxylic acids is 1. The molecule has 0 aromatic carbocycles. The second-order valence-corrected chi connectivity index (χ2v) is 4.52. The lowest BCUT2D eigenvalue weighted by Gasteiger charge is -1.99. The van der Waals surface area contributed by atoms with Crippen LogP contribution in [0.1, 0.15) is 32.0 Å². The van der Waals surface area contributed by atoms with Crippen LogP contribution >= 0.6 is 11.3 Å². The van der Waals surface area contributed by atoms with Gasteiger partial charge in [-0.2, -0.15) is 4.98 Å². The van der Waals surface area contributed by atoms with E-state index >= 15 is 0 Å². The molecule has 0 bridgehead atoms. The fourth-order valence-corrected chi connectivity index (χ4v) is 2.05. The lowest BCUT2D eigenvalue weighted by molar-refractivity contribution is 0.0690. The topological polar surface area (TPSA) is 118 Å². The van der Waals surface area contributed by atoms with Gasteiger partial charge in [0.15, 0.2) is 5.69 Å². The van der Waals surface area contributed by atoms with Crippen molar-refractivity contribution >= 4 is 23.2 Å². The molecule has 0 saturated carbocycles. The van der Waals surface area contributed by atoms with E-state index in [1.165, 1.54) is 16.7 Å². The Hall–Kier alpha value is -2.29. The van der Waals surface area contributed by atoms with Crippen LogP contribution in [-0.2, 0) is 6.42 Å². The number of aryl methyl sites for hydroxylation is 1. The van der Waals surface area contributed by atoms with Crippen LogP contribution < -0.4 is 5.32 Å².